The van der Waals surface area contributed by atoms with E-state index in [-0.39, 0.29) is 11.8 Å². The first-order valence-electron chi connectivity index (χ1n) is 7.76. The molecule has 0 saturated heterocycles. The third kappa shape index (κ3) is 5.03. The fourth-order valence-corrected chi connectivity index (χ4v) is 2.34. The summed E-state index contributed by atoms with van der Waals surface area (Å²) in [5.74, 6) is 1.78. The number of likely N-dealkylation sites (N-methyl/N-ethyl adjacent to an activating group) is 1. The topological polar surface area (TPSA) is 42.7 Å². The van der Waals surface area contributed by atoms with Gasteiger partial charge in [-0.2, -0.15) is 0 Å². The van der Waals surface area contributed by atoms with Crippen LogP contribution in [0.15, 0.2) is 40.8 Å². The van der Waals surface area contributed by atoms with Gasteiger partial charge in [-0.1, -0.05) is 25.5 Å². The normalized spacial score (nSPS) is 10.6. The van der Waals surface area contributed by atoms with Crippen LogP contribution in [0.25, 0.3) is 0 Å². The van der Waals surface area contributed by atoms with Gasteiger partial charge in [0.2, 0.25) is 0 Å². The molecular weight excluding hydrogens is 314 g/mol. The number of alkyl halides is 1. The minimum Gasteiger partial charge on any atom is -0.492 e. The van der Waals surface area contributed by atoms with Gasteiger partial charge in [0.1, 0.15) is 18.1 Å². The van der Waals surface area contributed by atoms with Crippen molar-refractivity contribution in [2.24, 2.45) is 0 Å². The van der Waals surface area contributed by atoms with E-state index in [9.17, 15) is 4.79 Å². The summed E-state index contributed by atoms with van der Waals surface area (Å²) >= 11 is 5.67. The molecule has 0 unspecified atom stereocenters. The van der Waals surface area contributed by atoms with Crippen LogP contribution in [-0.2, 0) is 12.3 Å². The van der Waals surface area contributed by atoms with Gasteiger partial charge in [0.15, 0.2) is 5.76 Å². The minimum atomic E-state index is -0.178. The lowest BCUT2D eigenvalue weighted by atomic mass is 10.1. The zero-order chi connectivity index (χ0) is 16.7. The van der Waals surface area contributed by atoms with Crippen molar-refractivity contribution in [3.63, 3.8) is 0 Å². The molecule has 0 bridgehead atoms. The summed E-state index contributed by atoms with van der Waals surface area (Å²) < 4.78 is 11.0. The van der Waals surface area contributed by atoms with E-state index in [1.165, 1.54) is 5.56 Å². The van der Waals surface area contributed by atoms with Crippen LogP contribution in [0.4, 0.5) is 0 Å². The van der Waals surface area contributed by atoms with Crippen molar-refractivity contribution in [3.05, 3.63) is 53.5 Å². The fraction of sp³-hybridized carbons (Fsp3) is 0.389. The Balaban J connectivity index is 1.79. The van der Waals surface area contributed by atoms with Crippen molar-refractivity contribution in [3.8, 4) is 5.75 Å². The van der Waals surface area contributed by atoms with Gasteiger partial charge in [0.25, 0.3) is 5.91 Å². The van der Waals surface area contributed by atoms with E-state index in [0.29, 0.717) is 24.7 Å². The number of hydrogen-bond acceptors (Lipinski definition) is 3. The molecule has 2 aromatic rings. The largest absolute Gasteiger partial charge is 0.492 e. The van der Waals surface area contributed by atoms with Crippen LogP contribution in [0.5, 0.6) is 5.75 Å². The third-order valence-electron chi connectivity index (χ3n) is 3.51. The van der Waals surface area contributed by atoms with Gasteiger partial charge in [-0.25, -0.2) is 0 Å². The van der Waals surface area contributed by atoms with Crippen molar-refractivity contribution in [1.82, 2.24) is 4.90 Å². The molecule has 5 heteroatoms. The summed E-state index contributed by atoms with van der Waals surface area (Å²) in [6.07, 6.45) is 2.20. The molecule has 1 heterocycles. The standard InChI is InChI=1S/C18H22ClNO3/c1-3-4-14-5-7-15(8-6-14)22-12-11-20(2)18(21)17-10-9-16(13-19)23-17/h5-10H,3-4,11-13H2,1-2H3. The maximum atomic E-state index is 12.2. The summed E-state index contributed by atoms with van der Waals surface area (Å²) in [7, 11) is 1.72. The smallest absolute Gasteiger partial charge is 0.289 e. The van der Waals surface area contributed by atoms with Gasteiger partial charge >= 0.3 is 0 Å². The number of aryl methyl sites for hydroxylation is 1. The van der Waals surface area contributed by atoms with Crippen LogP contribution in [0, 0.1) is 0 Å². The molecule has 1 aromatic carbocycles. The van der Waals surface area contributed by atoms with Gasteiger partial charge in [-0.3, -0.25) is 4.79 Å². The highest BCUT2D eigenvalue weighted by Gasteiger charge is 2.15. The molecular formula is C18H22ClNO3. The highest BCUT2D eigenvalue weighted by Crippen LogP contribution is 2.14. The quantitative estimate of drug-likeness (QED) is 0.681. The van der Waals surface area contributed by atoms with Crippen molar-refractivity contribution in [2.75, 3.05) is 20.2 Å². The van der Waals surface area contributed by atoms with Crippen LogP contribution in [0.1, 0.15) is 35.2 Å². The average Bonchev–Trinajstić information content (AvgIpc) is 3.05. The number of benzene rings is 1. The van der Waals surface area contributed by atoms with E-state index in [2.05, 4.69) is 19.1 Å². The van der Waals surface area contributed by atoms with Crippen LogP contribution >= 0.6 is 11.6 Å². The summed E-state index contributed by atoms with van der Waals surface area (Å²) in [5, 5.41) is 0. The molecule has 0 aliphatic rings. The van der Waals surface area contributed by atoms with E-state index in [1.807, 2.05) is 12.1 Å². The van der Waals surface area contributed by atoms with Gasteiger partial charge in [-0.15, -0.1) is 11.6 Å². The first kappa shape index (κ1) is 17.4. The second-order valence-corrected chi connectivity index (χ2v) is 5.64. The monoisotopic (exact) mass is 335 g/mol. The van der Waals surface area contributed by atoms with Crippen molar-refractivity contribution in [1.29, 1.82) is 0 Å². The summed E-state index contributed by atoms with van der Waals surface area (Å²) in [6.45, 7) is 3.07. The number of furan rings is 1. The van der Waals surface area contributed by atoms with E-state index in [1.54, 1.807) is 24.1 Å². The predicted molar refractivity (Wildman–Crippen MR) is 91.2 cm³/mol. The SMILES string of the molecule is CCCc1ccc(OCCN(C)C(=O)c2ccc(CCl)o2)cc1. The maximum absolute atomic E-state index is 12.2. The molecule has 0 saturated carbocycles. The zero-order valence-electron chi connectivity index (χ0n) is 13.5. The number of nitrogens with zero attached hydrogens (tertiary/aromatic N) is 1. The van der Waals surface area contributed by atoms with Gasteiger partial charge in [-0.05, 0) is 36.2 Å². The van der Waals surface area contributed by atoms with E-state index in [0.717, 1.165) is 18.6 Å². The fourth-order valence-electron chi connectivity index (χ4n) is 2.20. The predicted octanol–water partition coefficient (Wildman–Crippen LogP) is 4.12. The summed E-state index contributed by atoms with van der Waals surface area (Å²) in [4.78, 5) is 13.7. The van der Waals surface area contributed by atoms with Crippen LogP contribution in [0.3, 0.4) is 0 Å². The van der Waals surface area contributed by atoms with Crippen molar-refractivity contribution in [2.45, 2.75) is 25.6 Å². The summed E-state index contributed by atoms with van der Waals surface area (Å²) in [5.41, 5.74) is 1.31. The lowest BCUT2D eigenvalue weighted by Crippen LogP contribution is -2.30. The third-order valence-corrected chi connectivity index (χ3v) is 3.77. The van der Waals surface area contributed by atoms with Gasteiger partial charge < -0.3 is 14.1 Å². The Bertz CT molecular complexity index is 621. The van der Waals surface area contributed by atoms with Crippen LogP contribution in [-0.4, -0.2) is 31.0 Å². The highest BCUT2D eigenvalue weighted by atomic mass is 35.5. The van der Waals surface area contributed by atoms with Gasteiger partial charge in [0.05, 0.1) is 12.4 Å². The van der Waals surface area contributed by atoms with E-state index >= 15 is 0 Å². The zero-order valence-corrected chi connectivity index (χ0v) is 14.3. The maximum Gasteiger partial charge on any atom is 0.289 e. The molecule has 2 rings (SSSR count). The lowest BCUT2D eigenvalue weighted by molar-refractivity contribution is 0.0741. The first-order chi connectivity index (χ1) is 11.1. The molecule has 1 aromatic heterocycles. The van der Waals surface area contributed by atoms with Gasteiger partial charge in [0, 0.05) is 7.05 Å². The second-order valence-electron chi connectivity index (χ2n) is 5.37. The lowest BCUT2D eigenvalue weighted by Gasteiger charge is -2.16. The molecule has 0 spiro atoms. The number of hydrogen-bond donors (Lipinski definition) is 0. The van der Waals surface area contributed by atoms with E-state index < -0.39 is 0 Å². The van der Waals surface area contributed by atoms with Crippen LogP contribution in [0.2, 0.25) is 0 Å². The summed E-state index contributed by atoms with van der Waals surface area (Å²) in [6, 6.07) is 11.4. The molecule has 0 N–H and O–H groups in total. The van der Waals surface area contributed by atoms with E-state index in [4.69, 9.17) is 20.8 Å². The molecule has 0 radical (unpaired) electrons. The van der Waals surface area contributed by atoms with Crippen LogP contribution < -0.4 is 4.74 Å². The molecule has 1 amide bonds. The Labute approximate surface area is 142 Å². The molecule has 4 nitrogen and oxygen atoms in total. The first-order valence-corrected chi connectivity index (χ1v) is 8.29. The number of ether oxygens (including phenoxy) is 1. The molecule has 0 aliphatic heterocycles. The molecule has 0 aliphatic carbocycles. The molecule has 23 heavy (non-hydrogen) atoms. The average molecular weight is 336 g/mol. The minimum absolute atomic E-state index is 0.178. The molecule has 0 fully saturated rings. The number of halogens is 1. The Morgan fingerprint density at radius 3 is 2.57 bits per heavy atom. The highest BCUT2D eigenvalue weighted by molar-refractivity contribution is 6.16. The molecule has 124 valence electrons. The van der Waals surface area contributed by atoms with Crippen molar-refractivity contribution < 1.29 is 13.9 Å². The Morgan fingerprint density at radius 1 is 1.22 bits per heavy atom. The Hall–Kier alpha value is -1.94. The van der Waals surface area contributed by atoms with Crippen molar-refractivity contribution >= 4 is 17.5 Å². The number of rotatable bonds is 8. The second kappa shape index (κ2) is 8.63. The Kier molecular flexibility index (Phi) is 6.53. The number of carbonyl (C=O) groups excluding carboxylic acids is 1. The molecule has 0 atom stereocenters. The Morgan fingerprint density at radius 2 is 1.96 bits per heavy atom. The number of carbonyl (C=O) groups is 1. The number of amides is 1.